The molecule has 2 rings (SSSR count). The highest BCUT2D eigenvalue weighted by atomic mass is 16.6. The molecule has 2 heterocycles. The van der Waals surface area contributed by atoms with Crippen molar-refractivity contribution in [3.8, 4) is 0 Å². The van der Waals surface area contributed by atoms with E-state index in [1.165, 1.54) is 25.1 Å². The number of pyridine rings is 1. The highest BCUT2D eigenvalue weighted by Gasteiger charge is 2.17. The van der Waals surface area contributed by atoms with Crippen LogP contribution in [0, 0.1) is 10.1 Å². The third-order valence-electron chi connectivity index (χ3n) is 2.99. The molecule has 1 N–H and O–H groups in total. The molecule has 1 aromatic rings. The van der Waals surface area contributed by atoms with Gasteiger partial charge in [-0.25, -0.2) is 4.98 Å². The van der Waals surface area contributed by atoms with Crippen LogP contribution < -0.4 is 10.2 Å². The lowest BCUT2D eigenvalue weighted by molar-refractivity contribution is -0.385. The van der Waals surface area contributed by atoms with Crippen molar-refractivity contribution < 1.29 is 4.92 Å². The van der Waals surface area contributed by atoms with Crippen LogP contribution in [0.15, 0.2) is 18.3 Å². The lowest BCUT2D eigenvalue weighted by Crippen LogP contribution is -2.35. The Morgan fingerprint density at radius 3 is 3.00 bits per heavy atom. The highest BCUT2D eigenvalue weighted by molar-refractivity contribution is 5.42. The maximum Gasteiger partial charge on any atom is 0.287 e. The van der Waals surface area contributed by atoms with E-state index < -0.39 is 4.92 Å². The fourth-order valence-electron chi connectivity index (χ4n) is 2.05. The van der Waals surface area contributed by atoms with E-state index in [-0.39, 0.29) is 5.69 Å². The molecule has 1 fully saturated rings. The van der Waals surface area contributed by atoms with Gasteiger partial charge in [-0.05, 0) is 25.5 Å². The van der Waals surface area contributed by atoms with E-state index in [0.717, 1.165) is 18.9 Å². The molecule has 92 valence electrons. The first-order chi connectivity index (χ1) is 8.16. The quantitative estimate of drug-likeness (QED) is 0.627. The monoisotopic (exact) mass is 236 g/mol. The molecular formula is C11H16N4O2. The summed E-state index contributed by atoms with van der Waals surface area (Å²) in [4.78, 5) is 16.2. The Bertz CT molecular complexity index is 387. The van der Waals surface area contributed by atoms with Gasteiger partial charge in [-0.15, -0.1) is 0 Å². The van der Waals surface area contributed by atoms with Crippen LogP contribution in [0.5, 0.6) is 0 Å². The number of hydrogen-bond donors (Lipinski definition) is 1. The molecular weight excluding hydrogens is 220 g/mol. The molecule has 0 aromatic carbocycles. The Labute approximate surface area is 99.8 Å². The number of nitrogens with zero attached hydrogens (tertiary/aromatic N) is 3. The molecule has 0 amide bonds. The summed E-state index contributed by atoms with van der Waals surface area (Å²) in [5.41, 5.74) is 0.0288. The summed E-state index contributed by atoms with van der Waals surface area (Å²) in [6.07, 6.45) is 3.69. The van der Waals surface area contributed by atoms with Gasteiger partial charge in [-0.3, -0.25) is 10.1 Å². The van der Waals surface area contributed by atoms with Crippen molar-refractivity contribution in [3.63, 3.8) is 0 Å². The van der Waals surface area contributed by atoms with E-state index in [4.69, 9.17) is 0 Å². The third-order valence-corrected chi connectivity index (χ3v) is 2.99. The molecule has 1 unspecified atom stereocenters. The Kier molecular flexibility index (Phi) is 3.53. The van der Waals surface area contributed by atoms with Crippen LogP contribution in [0.1, 0.15) is 12.8 Å². The number of hydrogen-bond acceptors (Lipinski definition) is 5. The van der Waals surface area contributed by atoms with Gasteiger partial charge in [0.1, 0.15) is 12.0 Å². The van der Waals surface area contributed by atoms with Crippen molar-refractivity contribution in [2.75, 3.05) is 25.0 Å². The Balaban J connectivity index is 1.98. The zero-order chi connectivity index (χ0) is 12.3. The van der Waals surface area contributed by atoms with Gasteiger partial charge >= 0.3 is 0 Å². The van der Waals surface area contributed by atoms with Gasteiger partial charge in [0, 0.05) is 25.7 Å². The summed E-state index contributed by atoms with van der Waals surface area (Å²) < 4.78 is 0. The molecule has 6 heteroatoms. The molecule has 0 bridgehead atoms. The maximum atomic E-state index is 10.5. The molecule has 1 saturated heterocycles. The Morgan fingerprint density at radius 1 is 1.65 bits per heavy atom. The first kappa shape index (κ1) is 11.8. The summed E-state index contributed by atoms with van der Waals surface area (Å²) in [5.74, 6) is 0.768. The first-order valence-corrected chi connectivity index (χ1v) is 5.72. The largest absolute Gasteiger partial charge is 0.358 e. The molecule has 0 saturated carbocycles. The summed E-state index contributed by atoms with van der Waals surface area (Å²) >= 11 is 0. The summed E-state index contributed by atoms with van der Waals surface area (Å²) in [6.45, 7) is 1.96. The van der Waals surface area contributed by atoms with E-state index >= 15 is 0 Å². The zero-order valence-electron chi connectivity index (χ0n) is 9.80. The second-order valence-electron chi connectivity index (χ2n) is 4.31. The Morgan fingerprint density at radius 2 is 2.47 bits per heavy atom. The van der Waals surface area contributed by atoms with Crippen LogP contribution in [0.2, 0.25) is 0 Å². The van der Waals surface area contributed by atoms with Crippen molar-refractivity contribution in [2.45, 2.75) is 18.9 Å². The lowest BCUT2D eigenvalue weighted by Gasteiger charge is -2.21. The van der Waals surface area contributed by atoms with Gasteiger partial charge < -0.3 is 10.2 Å². The highest BCUT2D eigenvalue weighted by Crippen LogP contribution is 2.16. The van der Waals surface area contributed by atoms with Crippen molar-refractivity contribution in [3.05, 3.63) is 28.4 Å². The van der Waals surface area contributed by atoms with Gasteiger partial charge in [0.15, 0.2) is 0 Å². The van der Waals surface area contributed by atoms with Gasteiger partial charge in [-0.2, -0.15) is 0 Å². The molecule has 6 nitrogen and oxygen atoms in total. The van der Waals surface area contributed by atoms with Crippen LogP contribution in [0.25, 0.3) is 0 Å². The minimum Gasteiger partial charge on any atom is -0.358 e. The molecule has 0 spiro atoms. The van der Waals surface area contributed by atoms with Crippen molar-refractivity contribution in [1.29, 1.82) is 0 Å². The fourth-order valence-corrected chi connectivity index (χ4v) is 2.05. The molecule has 1 atom stereocenters. The maximum absolute atomic E-state index is 10.5. The number of nitrogens with one attached hydrogen (secondary N) is 1. The van der Waals surface area contributed by atoms with Crippen LogP contribution in [-0.2, 0) is 0 Å². The normalized spacial score (nSPS) is 19.2. The summed E-state index contributed by atoms with van der Waals surface area (Å²) in [7, 11) is 1.95. The van der Waals surface area contributed by atoms with Gasteiger partial charge in [0.25, 0.3) is 5.69 Å². The van der Waals surface area contributed by atoms with Gasteiger partial charge in [0.2, 0.25) is 0 Å². The smallest absolute Gasteiger partial charge is 0.287 e. The van der Waals surface area contributed by atoms with E-state index in [0.29, 0.717) is 6.04 Å². The predicted octanol–water partition coefficient (Wildman–Crippen LogP) is 1.18. The van der Waals surface area contributed by atoms with Crippen LogP contribution in [0.3, 0.4) is 0 Å². The number of anilines is 1. The minimum atomic E-state index is -0.435. The van der Waals surface area contributed by atoms with E-state index in [1.54, 1.807) is 6.07 Å². The lowest BCUT2D eigenvalue weighted by atomic mass is 10.2. The van der Waals surface area contributed by atoms with Crippen molar-refractivity contribution >= 4 is 11.5 Å². The summed E-state index contributed by atoms with van der Waals surface area (Å²) in [6, 6.07) is 3.67. The van der Waals surface area contributed by atoms with Crippen molar-refractivity contribution in [1.82, 2.24) is 10.3 Å². The number of nitro groups is 1. The van der Waals surface area contributed by atoms with Gasteiger partial charge in [0.05, 0.1) is 4.92 Å². The number of likely N-dealkylation sites (N-methyl/N-ethyl adjacent to an activating group) is 1. The second-order valence-corrected chi connectivity index (χ2v) is 4.31. The first-order valence-electron chi connectivity index (χ1n) is 5.72. The van der Waals surface area contributed by atoms with Crippen LogP contribution in [-0.4, -0.2) is 36.1 Å². The molecule has 0 radical (unpaired) electrons. The average Bonchev–Trinajstić information content (AvgIpc) is 2.82. The van der Waals surface area contributed by atoms with Gasteiger partial charge in [-0.1, -0.05) is 0 Å². The third kappa shape index (κ3) is 2.91. The topological polar surface area (TPSA) is 71.3 Å². The van der Waals surface area contributed by atoms with E-state index in [9.17, 15) is 10.1 Å². The molecule has 1 aliphatic rings. The molecule has 0 aliphatic carbocycles. The van der Waals surface area contributed by atoms with Crippen LogP contribution >= 0.6 is 0 Å². The molecule has 1 aromatic heterocycles. The SMILES string of the molecule is CN(CC1CCCN1)c1ccc([N+](=O)[O-])cn1. The number of rotatable bonds is 4. The standard InChI is InChI=1S/C11H16N4O2/c1-14(8-9-3-2-6-12-9)11-5-4-10(7-13-11)15(16)17/h4-5,7,9,12H,2-3,6,8H2,1H3. The second kappa shape index (κ2) is 5.09. The Hall–Kier alpha value is -1.69. The van der Waals surface area contributed by atoms with E-state index in [2.05, 4.69) is 10.3 Å². The zero-order valence-corrected chi connectivity index (χ0v) is 9.80. The fraction of sp³-hybridized carbons (Fsp3) is 0.545. The minimum absolute atomic E-state index is 0.0288. The molecule has 17 heavy (non-hydrogen) atoms. The van der Waals surface area contributed by atoms with Crippen LogP contribution in [0.4, 0.5) is 11.5 Å². The summed E-state index contributed by atoms with van der Waals surface area (Å²) in [5, 5.41) is 13.9. The van der Waals surface area contributed by atoms with E-state index in [1.807, 2.05) is 11.9 Å². The van der Waals surface area contributed by atoms with Crippen molar-refractivity contribution in [2.24, 2.45) is 0 Å². The number of aromatic nitrogens is 1. The molecule has 1 aliphatic heterocycles. The average molecular weight is 236 g/mol. The predicted molar refractivity (Wildman–Crippen MR) is 65.2 cm³/mol.